The maximum atomic E-state index is 12.7. The number of nitrogens with zero attached hydrogens (tertiary/aromatic N) is 4. The molecule has 3 heterocycles. The van der Waals surface area contributed by atoms with Crippen molar-refractivity contribution in [1.29, 1.82) is 0 Å². The highest BCUT2D eigenvalue weighted by molar-refractivity contribution is 5.94. The summed E-state index contributed by atoms with van der Waals surface area (Å²) in [5.41, 5.74) is 0.429. The van der Waals surface area contributed by atoms with Gasteiger partial charge in [0.2, 0.25) is 0 Å². The van der Waals surface area contributed by atoms with E-state index < -0.39 is 5.60 Å². The lowest BCUT2D eigenvalue weighted by atomic mass is 10.0. The third-order valence-electron chi connectivity index (χ3n) is 5.99. The molecule has 0 saturated carbocycles. The molecule has 4 rings (SSSR count). The quantitative estimate of drug-likeness (QED) is 0.664. The predicted molar refractivity (Wildman–Crippen MR) is 118 cm³/mol. The van der Waals surface area contributed by atoms with Crippen LogP contribution in [0.4, 0.5) is 5.82 Å². The zero-order valence-electron chi connectivity index (χ0n) is 18.1. The summed E-state index contributed by atoms with van der Waals surface area (Å²) in [6, 6.07) is 9.11. The second-order valence-corrected chi connectivity index (χ2v) is 8.52. The van der Waals surface area contributed by atoms with Gasteiger partial charge in [-0.3, -0.25) is 9.69 Å². The third kappa shape index (κ3) is 5.71. The number of nitrogens with one attached hydrogen (secondary N) is 1. The smallest absolute Gasteiger partial charge is 0.251 e. The van der Waals surface area contributed by atoms with Crippen LogP contribution in [-0.2, 0) is 0 Å². The number of benzene rings is 1. The van der Waals surface area contributed by atoms with Crippen molar-refractivity contribution in [3.63, 3.8) is 0 Å². The number of carbonyl (C=O) groups excluding carboxylic acids is 1. The summed E-state index contributed by atoms with van der Waals surface area (Å²) >= 11 is 0. The maximum absolute atomic E-state index is 12.7. The van der Waals surface area contributed by atoms with Crippen molar-refractivity contribution < 1.29 is 14.6 Å². The van der Waals surface area contributed by atoms with Crippen LogP contribution in [-0.4, -0.2) is 77.4 Å². The van der Waals surface area contributed by atoms with E-state index in [1.807, 2.05) is 30.0 Å². The van der Waals surface area contributed by atoms with Crippen LogP contribution in [0, 0.1) is 6.92 Å². The fraction of sp³-hybridized carbons (Fsp3) is 0.522. The molecule has 31 heavy (non-hydrogen) atoms. The maximum Gasteiger partial charge on any atom is 0.251 e. The Morgan fingerprint density at radius 1 is 1.23 bits per heavy atom. The summed E-state index contributed by atoms with van der Waals surface area (Å²) in [6.45, 7) is 7.01. The van der Waals surface area contributed by atoms with Gasteiger partial charge >= 0.3 is 0 Å². The van der Waals surface area contributed by atoms with Gasteiger partial charge in [-0.1, -0.05) is 6.07 Å². The van der Waals surface area contributed by atoms with Gasteiger partial charge in [0.15, 0.2) is 0 Å². The highest BCUT2D eigenvalue weighted by atomic mass is 16.5. The van der Waals surface area contributed by atoms with Crippen LogP contribution < -0.4 is 15.0 Å². The van der Waals surface area contributed by atoms with Crippen LogP contribution in [0.25, 0.3) is 0 Å². The molecule has 2 aromatic rings. The summed E-state index contributed by atoms with van der Waals surface area (Å²) in [5, 5.41) is 13.8. The molecule has 0 bridgehead atoms. The zero-order chi connectivity index (χ0) is 21.7. The molecule has 166 valence electrons. The molecular weight excluding hydrogens is 394 g/mol. The van der Waals surface area contributed by atoms with Crippen molar-refractivity contribution in [1.82, 2.24) is 20.2 Å². The number of ether oxygens (including phenoxy) is 1. The first kappa shape index (κ1) is 21.5. The van der Waals surface area contributed by atoms with Gasteiger partial charge in [-0.05, 0) is 57.5 Å². The fourth-order valence-corrected chi connectivity index (χ4v) is 4.18. The number of hydrogen-bond donors (Lipinski definition) is 2. The van der Waals surface area contributed by atoms with Gasteiger partial charge in [0.25, 0.3) is 5.91 Å². The van der Waals surface area contributed by atoms with Crippen molar-refractivity contribution >= 4 is 11.7 Å². The zero-order valence-corrected chi connectivity index (χ0v) is 18.1. The average Bonchev–Trinajstić information content (AvgIpc) is 3.43. The van der Waals surface area contributed by atoms with Crippen LogP contribution >= 0.6 is 0 Å². The van der Waals surface area contributed by atoms with E-state index >= 15 is 0 Å². The molecule has 0 radical (unpaired) electrons. The lowest BCUT2D eigenvalue weighted by Gasteiger charge is -2.24. The first-order valence-corrected chi connectivity index (χ1v) is 11.0. The Bertz CT molecular complexity index is 902. The van der Waals surface area contributed by atoms with Gasteiger partial charge in [0, 0.05) is 43.5 Å². The van der Waals surface area contributed by atoms with Gasteiger partial charge in [0.05, 0.1) is 0 Å². The minimum Gasteiger partial charge on any atom is -0.492 e. The molecule has 1 atom stereocenters. The number of β-amino-alcohol motifs (C(OH)–C–C–N with tert-alkyl or cyclic N) is 1. The van der Waals surface area contributed by atoms with Crippen LogP contribution in [0.5, 0.6) is 5.75 Å². The van der Waals surface area contributed by atoms with Crippen LogP contribution in [0.15, 0.2) is 36.7 Å². The Morgan fingerprint density at radius 3 is 2.87 bits per heavy atom. The Hall–Kier alpha value is -2.71. The van der Waals surface area contributed by atoms with E-state index in [1.165, 1.54) is 19.2 Å². The van der Waals surface area contributed by atoms with E-state index in [-0.39, 0.29) is 12.5 Å². The summed E-state index contributed by atoms with van der Waals surface area (Å²) in [6.07, 6.45) is 4.62. The topological polar surface area (TPSA) is 90.8 Å². The van der Waals surface area contributed by atoms with Gasteiger partial charge < -0.3 is 20.1 Å². The standard InChI is InChI=1S/C23H31N5O3/c1-18-13-21(26-17-25-18)28-10-7-23(30,16-28)15-24-22(29)19-5-4-6-20(14-19)31-12-11-27-8-2-3-9-27/h4-6,13-14,17,30H,2-3,7-12,15-16H2,1H3,(H,24,29)/t23-/m1/s1. The normalized spacial score (nSPS) is 21.4. The molecule has 0 unspecified atom stereocenters. The van der Waals surface area contributed by atoms with Crippen molar-refractivity contribution in [2.24, 2.45) is 0 Å². The number of aliphatic hydroxyl groups is 1. The van der Waals surface area contributed by atoms with Crippen LogP contribution in [0.3, 0.4) is 0 Å². The molecule has 8 heteroatoms. The van der Waals surface area contributed by atoms with Gasteiger partial charge in [-0.25, -0.2) is 9.97 Å². The van der Waals surface area contributed by atoms with Crippen molar-refractivity contribution in [2.45, 2.75) is 31.8 Å². The van der Waals surface area contributed by atoms with Crippen LogP contribution in [0.2, 0.25) is 0 Å². The molecule has 1 aromatic carbocycles. The molecule has 1 amide bonds. The van der Waals surface area contributed by atoms with E-state index in [2.05, 4.69) is 20.2 Å². The summed E-state index contributed by atoms with van der Waals surface area (Å²) in [5.74, 6) is 1.28. The highest BCUT2D eigenvalue weighted by Gasteiger charge is 2.37. The molecule has 2 fully saturated rings. The number of aromatic nitrogens is 2. The number of hydrogen-bond acceptors (Lipinski definition) is 7. The number of rotatable bonds is 8. The number of anilines is 1. The predicted octanol–water partition coefficient (Wildman–Crippen LogP) is 1.63. The number of aryl methyl sites for hydroxylation is 1. The Kier molecular flexibility index (Phi) is 6.67. The molecule has 2 N–H and O–H groups in total. The molecule has 1 aromatic heterocycles. The Labute approximate surface area is 183 Å². The lowest BCUT2D eigenvalue weighted by molar-refractivity contribution is 0.0575. The highest BCUT2D eigenvalue weighted by Crippen LogP contribution is 2.25. The number of likely N-dealkylation sites (tertiary alicyclic amines) is 1. The summed E-state index contributed by atoms with van der Waals surface area (Å²) in [4.78, 5) is 25.5. The second kappa shape index (κ2) is 9.62. The minimum atomic E-state index is -0.988. The first-order chi connectivity index (χ1) is 15.0. The van der Waals surface area contributed by atoms with E-state index in [1.54, 1.807) is 12.1 Å². The van der Waals surface area contributed by atoms with Crippen LogP contribution in [0.1, 0.15) is 35.3 Å². The number of carbonyl (C=O) groups is 1. The molecule has 2 saturated heterocycles. The molecule has 0 spiro atoms. The fourth-order valence-electron chi connectivity index (χ4n) is 4.18. The lowest BCUT2D eigenvalue weighted by Crippen LogP contribution is -2.45. The number of amides is 1. The Morgan fingerprint density at radius 2 is 2.06 bits per heavy atom. The van der Waals surface area contributed by atoms with E-state index in [9.17, 15) is 9.90 Å². The third-order valence-corrected chi connectivity index (χ3v) is 5.99. The summed E-state index contributed by atoms with van der Waals surface area (Å²) < 4.78 is 5.84. The minimum absolute atomic E-state index is 0.187. The first-order valence-electron chi connectivity index (χ1n) is 11.0. The molecule has 2 aliphatic rings. The Balaban J connectivity index is 1.27. The molecular formula is C23H31N5O3. The van der Waals surface area contributed by atoms with E-state index in [0.717, 1.165) is 31.1 Å². The van der Waals surface area contributed by atoms with Crippen molar-refractivity contribution in [3.8, 4) is 5.75 Å². The molecule has 2 aliphatic heterocycles. The molecule has 0 aliphatic carbocycles. The monoisotopic (exact) mass is 425 g/mol. The summed E-state index contributed by atoms with van der Waals surface area (Å²) in [7, 11) is 0. The van der Waals surface area contributed by atoms with Gasteiger partial charge in [-0.15, -0.1) is 0 Å². The SMILES string of the molecule is Cc1cc(N2CC[C@@](O)(CNC(=O)c3cccc(OCCN4CCCC4)c3)C2)ncn1. The van der Waals surface area contributed by atoms with Gasteiger partial charge in [-0.2, -0.15) is 0 Å². The van der Waals surface area contributed by atoms with E-state index in [0.29, 0.717) is 37.4 Å². The largest absolute Gasteiger partial charge is 0.492 e. The second-order valence-electron chi connectivity index (χ2n) is 8.52. The van der Waals surface area contributed by atoms with Crippen molar-refractivity contribution in [3.05, 3.63) is 47.9 Å². The van der Waals surface area contributed by atoms with Gasteiger partial charge in [0.1, 0.15) is 30.1 Å². The van der Waals surface area contributed by atoms with Crippen molar-refractivity contribution in [2.75, 3.05) is 50.8 Å². The average molecular weight is 426 g/mol. The van der Waals surface area contributed by atoms with E-state index in [4.69, 9.17) is 4.74 Å². The molecule has 8 nitrogen and oxygen atoms in total.